The van der Waals surface area contributed by atoms with Gasteiger partial charge in [0.15, 0.2) is 5.84 Å². The Morgan fingerprint density at radius 1 is 1.14 bits per heavy atom. The van der Waals surface area contributed by atoms with E-state index in [2.05, 4.69) is 31.4 Å². The summed E-state index contributed by atoms with van der Waals surface area (Å²) in [6, 6.07) is 14.5. The zero-order valence-corrected chi connectivity index (χ0v) is 20.9. The number of carbonyl (C=O) groups is 1. The smallest absolute Gasteiger partial charge is 0.251 e. The van der Waals surface area contributed by atoms with Gasteiger partial charge in [0.1, 0.15) is 5.82 Å². The molecule has 0 fully saturated rings. The molecule has 0 bridgehead atoms. The number of amides is 1. The largest absolute Gasteiger partial charge is 0.383 e. The minimum atomic E-state index is -0.0991. The van der Waals surface area contributed by atoms with E-state index in [1.165, 1.54) is 0 Å². The highest BCUT2D eigenvalue weighted by Gasteiger charge is 2.26. The molecule has 5 N–H and O–H groups in total. The molecule has 1 aliphatic heterocycles. The maximum absolute atomic E-state index is 12.4. The molecule has 0 radical (unpaired) electrons. The Kier molecular flexibility index (Phi) is 7.72. The van der Waals surface area contributed by atoms with Crippen molar-refractivity contribution in [3.8, 4) is 11.1 Å². The maximum atomic E-state index is 12.4. The van der Waals surface area contributed by atoms with Crippen molar-refractivity contribution in [2.24, 2.45) is 5.10 Å². The van der Waals surface area contributed by atoms with E-state index in [1.807, 2.05) is 38.4 Å². The number of anilines is 2. The lowest BCUT2D eigenvalue weighted by molar-refractivity contribution is 0.0952. The molecule has 0 saturated carbocycles. The van der Waals surface area contributed by atoms with Gasteiger partial charge in [0.05, 0.1) is 21.3 Å². The van der Waals surface area contributed by atoms with E-state index >= 15 is 0 Å². The van der Waals surface area contributed by atoms with Crippen LogP contribution >= 0.6 is 23.2 Å². The minimum absolute atomic E-state index is 0.0991. The fraction of sp³-hybridized carbons (Fsp3) is 0.208. The van der Waals surface area contributed by atoms with Crippen molar-refractivity contribution in [2.45, 2.75) is 6.42 Å². The van der Waals surface area contributed by atoms with Crippen molar-refractivity contribution < 1.29 is 4.79 Å². The van der Waals surface area contributed by atoms with Gasteiger partial charge in [-0.05, 0) is 63.0 Å². The van der Waals surface area contributed by atoms with Gasteiger partial charge in [-0.25, -0.2) is 15.5 Å². The number of hydrogen-bond acceptors (Lipinski definition) is 8. The molecule has 182 valence electrons. The second kappa shape index (κ2) is 10.9. The van der Waals surface area contributed by atoms with Gasteiger partial charge < -0.3 is 16.0 Å². The highest BCUT2D eigenvalue weighted by Crippen LogP contribution is 2.34. The first-order valence-corrected chi connectivity index (χ1v) is 11.7. The lowest BCUT2D eigenvalue weighted by Gasteiger charge is -2.21. The van der Waals surface area contributed by atoms with E-state index in [9.17, 15) is 4.79 Å². The van der Waals surface area contributed by atoms with Crippen LogP contribution in [0.5, 0.6) is 0 Å². The molecule has 2 aromatic carbocycles. The number of nitrogens with two attached hydrogens (primary N) is 1. The molecule has 1 aliphatic rings. The SMILES string of the molecule is CN(C)CCCNC(=O)c1ccc(-c2cnc(N)c(C3=NNNN3c3cccc(Cl)c3Cl)c2)cc1. The fourth-order valence-corrected chi connectivity index (χ4v) is 3.96. The molecule has 0 atom stereocenters. The Labute approximate surface area is 213 Å². The number of halogens is 2. The first-order chi connectivity index (χ1) is 16.8. The Balaban J connectivity index is 1.54. The molecule has 1 amide bonds. The van der Waals surface area contributed by atoms with Crippen LogP contribution in [0.4, 0.5) is 11.5 Å². The minimum Gasteiger partial charge on any atom is -0.383 e. The molecule has 2 heterocycles. The van der Waals surface area contributed by atoms with Crippen LogP contribution in [0.15, 0.2) is 59.8 Å². The van der Waals surface area contributed by atoms with E-state index in [-0.39, 0.29) is 5.91 Å². The lowest BCUT2D eigenvalue weighted by Crippen LogP contribution is -2.41. The molecular weight excluding hydrogens is 487 g/mol. The molecule has 0 saturated heterocycles. The summed E-state index contributed by atoms with van der Waals surface area (Å²) in [7, 11) is 4.02. The van der Waals surface area contributed by atoms with Crippen molar-refractivity contribution in [2.75, 3.05) is 37.9 Å². The topological polar surface area (TPSA) is 111 Å². The number of amidine groups is 1. The highest BCUT2D eigenvalue weighted by atomic mass is 35.5. The van der Waals surface area contributed by atoms with Crippen LogP contribution in [0.1, 0.15) is 22.3 Å². The van der Waals surface area contributed by atoms with Gasteiger partial charge in [0.25, 0.3) is 5.91 Å². The summed E-state index contributed by atoms with van der Waals surface area (Å²) in [4.78, 5) is 18.9. The van der Waals surface area contributed by atoms with Gasteiger partial charge in [-0.2, -0.15) is 0 Å². The van der Waals surface area contributed by atoms with Gasteiger partial charge in [0.2, 0.25) is 0 Å². The third kappa shape index (κ3) is 5.66. The predicted molar refractivity (Wildman–Crippen MR) is 141 cm³/mol. The number of hydrazone groups is 1. The van der Waals surface area contributed by atoms with Crippen molar-refractivity contribution >= 4 is 46.4 Å². The summed E-state index contributed by atoms with van der Waals surface area (Å²) in [5.74, 6) is 0.683. The van der Waals surface area contributed by atoms with Crippen LogP contribution in [0.3, 0.4) is 0 Å². The number of hydrogen-bond donors (Lipinski definition) is 4. The van der Waals surface area contributed by atoms with Crippen LogP contribution in [-0.2, 0) is 0 Å². The number of benzene rings is 2. The Morgan fingerprint density at radius 2 is 1.91 bits per heavy atom. The summed E-state index contributed by atoms with van der Waals surface area (Å²) in [5.41, 5.74) is 15.4. The highest BCUT2D eigenvalue weighted by molar-refractivity contribution is 6.44. The summed E-state index contributed by atoms with van der Waals surface area (Å²) >= 11 is 12.6. The van der Waals surface area contributed by atoms with Gasteiger partial charge in [-0.1, -0.05) is 41.4 Å². The van der Waals surface area contributed by atoms with Crippen molar-refractivity contribution in [1.29, 1.82) is 0 Å². The van der Waals surface area contributed by atoms with Crippen LogP contribution in [0.2, 0.25) is 10.0 Å². The molecule has 35 heavy (non-hydrogen) atoms. The number of nitrogens with zero attached hydrogens (tertiary/aromatic N) is 4. The Hall–Kier alpha value is -3.37. The molecule has 4 rings (SSSR count). The van der Waals surface area contributed by atoms with Crippen LogP contribution < -0.4 is 27.1 Å². The molecule has 0 unspecified atom stereocenters. The zero-order valence-electron chi connectivity index (χ0n) is 19.3. The second-order valence-electron chi connectivity index (χ2n) is 8.21. The average molecular weight is 513 g/mol. The zero-order chi connectivity index (χ0) is 24.9. The molecule has 9 nitrogen and oxygen atoms in total. The van der Waals surface area contributed by atoms with Gasteiger partial charge in [0, 0.05) is 23.9 Å². The summed E-state index contributed by atoms with van der Waals surface area (Å²) < 4.78 is 0. The maximum Gasteiger partial charge on any atom is 0.251 e. The van der Waals surface area contributed by atoms with E-state index in [0.717, 1.165) is 24.1 Å². The normalized spacial score (nSPS) is 13.1. The first-order valence-electron chi connectivity index (χ1n) is 11.0. The van der Waals surface area contributed by atoms with E-state index in [0.29, 0.717) is 45.1 Å². The van der Waals surface area contributed by atoms with Crippen LogP contribution in [0.25, 0.3) is 11.1 Å². The van der Waals surface area contributed by atoms with Crippen molar-refractivity contribution in [3.63, 3.8) is 0 Å². The van der Waals surface area contributed by atoms with Gasteiger partial charge in [-0.15, -0.1) is 10.6 Å². The summed E-state index contributed by atoms with van der Waals surface area (Å²) in [6.45, 7) is 1.55. The number of nitrogens with one attached hydrogen (secondary N) is 3. The van der Waals surface area contributed by atoms with Crippen molar-refractivity contribution in [1.82, 2.24) is 26.3 Å². The number of carbonyl (C=O) groups excluding carboxylic acids is 1. The Bertz CT molecular complexity index is 1250. The molecule has 11 heteroatoms. The number of hydrazine groups is 2. The quantitative estimate of drug-likeness (QED) is 0.341. The molecule has 1 aromatic heterocycles. The lowest BCUT2D eigenvalue weighted by atomic mass is 10.0. The average Bonchev–Trinajstić information content (AvgIpc) is 3.33. The third-order valence-corrected chi connectivity index (χ3v) is 6.22. The van der Waals surface area contributed by atoms with Crippen LogP contribution in [-0.4, -0.2) is 48.8 Å². The molecule has 3 aromatic rings. The van der Waals surface area contributed by atoms with Crippen molar-refractivity contribution in [3.05, 3.63) is 75.9 Å². The number of aromatic nitrogens is 1. The number of rotatable bonds is 8. The number of nitrogen functional groups attached to an aromatic ring is 1. The second-order valence-corrected chi connectivity index (χ2v) is 9.00. The standard InChI is InChI=1S/C24H26Cl2N8O/c1-33(2)12-4-11-28-24(35)16-9-7-15(8-10-16)17-13-18(22(27)29-14-17)23-30-31-32-34(23)20-6-3-5-19(25)21(20)26/h3,5-10,13-14,31-32H,4,11-12H2,1-2H3,(H2,27,29)(H,28,35). The van der Waals surface area contributed by atoms with E-state index in [1.54, 1.807) is 35.5 Å². The predicted octanol–water partition coefficient (Wildman–Crippen LogP) is 3.51. The van der Waals surface area contributed by atoms with Gasteiger partial charge >= 0.3 is 0 Å². The van der Waals surface area contributed by atoms with Gasteiger partial charge in [-0.3, -0.25) is 4.79 Å². The fourth-order valence-electron chi connectivity index (χ4n) is 3.58. The van der Waals surface area contributed by atoms with E-state index in [4.69, 9.17) is 28.9 Å². The molecular formula is C24H26Cl2N8O. The third-order valence-electron chi connectivity index (χ3n) is 5.42. The monoisotopic (exact) mass is 512 g/mol. The van der Waals surface area contributed by atoms with Crippen LogP contribution in [0, 0.1) is 0 Å². The molecule has 0 spiro atoms. The Morgan fingerprint density at radius 3 is 2.66 bits per heavy atom. The first kappa shape index (κ1) is 24.7. The summed E-state index contributed by atoms with van der Waals surface area (Å²) in [6.07, 6.45) is 2.57. The van der Waals surface area contributed by atoms with E-state index < -0.39 is 0 Å². The molecule has 0 aliphatic carbocycles. The summed E-state index contributed by atoms with van der Waals surface area (Å²) in [5, 5.41) is 9.70. The number of pyridine rings is 1.